The molecule has 0 radical (unpaired) electrons. The van der Waals surface area contributed by atoms with Gasteiger partial charge < -0.3 is 5.32 Å². The molecular weight excluding hydrogens is 374 g/mol. The van der Waals surface area contributed by atoms with E-state index in [-0.39, 0.29) is 11.9 Å². The number of hydrogen-bond donors (Lipinski definition) is 1. The number of nitrogens with one attached hydrogen (secondary N) is 1. The van der Waals surface area contributed by atoms with Gasteiger partial charge in [-0.2, -0.15) is 0 Å². The van der Waals surface area contributed by atoms with Crippen molar-refractivity contribution in [2.45, 2.75) is 51.0 Å². The first-order chi connectivity index (χ1) is 11.2. The molecule has 0 saturated heterocycles. The van der Waals surface area contributed by atoms with Crippen molar-refractivity contribution in [3.8, 4) is 11.3 Å². The molecule has 0 unspecified atom stereocenters. The molecule has 0 bridgehead atoms. The second-order valence-corrected chi connectivity index (χ2v) is 7.64. The third-order valence-corrected chi connectivity index (χ3v) is 5.51. The van der Waals surface area contributed by atoms with Crippen LogP contribution in [-0.2, 0) is 0 Å². The van der Waals surface area contributed by atoms with Crippen LogP contribution >= 0.6 is 27.5 Å². The number of nitrogens with zero attached hydrogens (tertiary/aromatic N) is 2. The van der Waals surface area contributed by atoms with Crippen LogP contribution in [0.2, 0.25) is 0 Å². The lowest BCUT2D eigenvalue weighted by molar-refractivity contribution is 0.0935. The normalized spacial score (nSPS) is 16.6. The van der Waals surface area contributed by atoms with E-state index in [1.54, 1.807) is 0 Å². The first-order valence-electron chi connectivity index (χ1n) is 8.13. The van der Waals surface area contributed by atoms with Gasteiger partial charge in [0.2, 0.25) is 0 Å². The highest BCUT2D eigenvalue weighted by atomic mass is 79.9. The van der Waals surface area contributed by atoms with Crippen molar-refractivity contribution < 1.29 is 4.79 Å². The predicted molar refractivity (Wildman–Crippen MR) is 96.6 cm³/mol. The molecule has 122 valence electrons. The van der Waals surface area contributed by atoms with Crippen LogP contribution in [-0.4, -0.2) is 21.5 Å². The fourth-order valence-corrected chi connectivity index (χ4v) is 3.84. The van der Waals surface area contributed by atoms with Crippen LogP contribution in [0.3, 0.4) is 0 Å². The molecule has 1 amide bonds. The Morgan fingerprint density at radius 2 is 1.74 bits per heavy atom. The summed E-state index contributed by atoms with van der Waals surface area (Å²) in [5.41, 5.74) is 1.59. The fraction of sp³-hybridized carbons (Fsp3) is 0.471. The quantitative estimate of drug-likeness (QED) is 0.813. The zero-order chi connectivity index (χ0) is 16.1. The smallest absolute Gasteiger partial charge is 0.265 e. The minimum atomic E-state index is -0.0384. The Kier molecular flexibility index (Phi) is 5.78. The first-order valence-corrected chi connectivity index (χ1v) is 9.70. The second kappa shape index (κ2) is 8.02. The molecular formula is C17H20BrN3OS. The number of hydrogen-bond acceptors (Lipinski definition) is 4. The molecule has 1 aliphatic rings. The molecule has 1 heterocycles. The highest BCUT2D eigenvalue weighted by Crippen LogP contribution is 2.26. The van der Waals surface area contributed by atoms with Gasteiger partial charge in [-0.15, -0.1) is 5.10 Å². The van der Waals surface area contributed by atoms with Crippen LogP contribution in [0.5, 0.6) is 0 Å². The Balaban J connectivity index is 1.72. The van der Waals surface area contributed by atoms with Gasteiger partial charge in [-0.25, -0.2) is 0 Å². The van der Waals surface area contributed by atoms with Gasteiger partial charge in [0.05, 0.1) is 0 Å². The number of rotatable bonds is 3. The molecule has 3 rings (SSSR count). The molecule has 2 aromatic rings. The average molecular weight is 394 g/mol. The monoisotopic (exact) mass is 393 g/mol. The van der Waals surface area contributed by atoms with Gasteiger partial charge in [0.15, 0.2) is 0 Å². The van der Waals surface area contributed by atoms with Crippen LogP contribution < -0.4 is 5.32 Å². The molecule has 6 heteroatoms. The van der Waals surface area contributed by atoms with Crippen molar-refractivity contribution in [1.82, 2.24) is 14.9 Å². The molecule has 1 saturated carbocycles. The summed E-state index contributed by atoms with van der Waals surface area (Å²) in [6.45, 7) is 0. The minimum absolute atomic E-state index is 0.0384. The Labute approximate surface area is 149 Å². The van der Waals surface area contributed by atoms with Gasteiger partial charge in [-0.1, -0.05) is 64.7 Å². The third-order valence-electron chi connectivity index (χ3n) is 4.25. The van der Waals surface area contributed by atoms with E-state index in [9.17, 15) is 4.79 Å². The van der Waals surface area contributed by atoms with E-state index in [2.05, 4.69) is 30.8 Å². The summed E-state index contributed by atoms with van der Waals surface area (Å²) in [4.78, 5) is 13.2. The number of carbonyl (C=O) groups excluding carboxylic acids is 1. The summed E-state index contributed by atoms with van der Waals surface area (Å²) < 4.78 is 4.99. The lowest BCUT2D eigenvalue weighted by Gasteiger charge is -2.20. The summed E-state index contributed by atoms with van der Waals surface area (Å²) in [5, 5.41) is 7.35. The molecule has 1 aromatic carbocycles. The zero-order valence-corrected chi connectivity index (χ0v) is 15.3. The van der Waals surface area contributed by atoms with Gasteiger partial charge in [0, 0.05) is 16.1 Å². The largest absolute Gasteiger partial charge is 0.348 e. The van der Waals surface area contributed by atoms with Crippen molar-refractivity contribution in [3.05, 3.63) is 33.6 Å². The van der Waals surface area contributed by atoms with Crippen molar-refractivity contribution in [2.24, 2.45) is 0 Å². The van der Waals surface area contributed by atoms with Crippen molar-refractivity contribution in [2.75, 3.05) is 0 Å². The summed E-state index contributed by atoms with van der Waals surface area (Å²) >= 11 is 4.59. The summed E-state index contributed by atoms with van der Waals surface area (Å²) in [7, 11) is 0. The van der Waals surface area contributed by atoms with E-state index >= 15 is 0 Å². The van der Waals surface area contributed by atoms with Crippen LogP contribution in [0, 0.1) is 0 Å². The molecule has 1 aromatic heterocycles. The topological polar surface area (TPSA) is 54.9 Å². The van der Waals surface area contributed by atoms with Crippen molar-refractivity contribution in [1.29, 1.82) is 0 Å². The van der Waals surface area contributed by atoms with Gasteiger partial charge >= 0.3 is 0 Å². The first kappa shape index (κ1) is 16.6. The molecule has 0 atom stereocenters. The van der Waals surface area contributed by atoms with Crippen LogP contribution in [0.1, 0.15) is 54.6 Å². The standard InChI is InChI=1S/C17H20BrN3OS/c18-13-10-8-12(9-11-13)15-16(23-21-20-15)17(22)19-14-6-4-2-1-3-5-7-14/h8-11,14H,1-7H2,(H,19,22). The zero-order valence-electron chi connectivity index (χ0n) is 12.9. The Morgan fingerprint density at radius 3 is 2.43 bits per heavy atom. The number of amides is 1. The fourth-order valence-electron chi connectivity index (χ4n) is 2.99. The number of benzene rings is 1. The van der Waals surface area contributed by atoms with Gasteiger partial charge in [-0.3, -0.25) is 4.79 Å². The Bertz CT molecular complexity index is 648. The summed E-state index contributed by atoms with van der Waals surface area (Å²) in [6.07, 6.45) is 8.43. The molecule has 1 fully saturated rings. The van der Waals surface area contributed by atoms with E-state index in [0.29, 0.717) is 10.6 Å². The number of aromatic nitrogens is 2. The maximum absolute atomic E-state index is 12.6. The number of halogens is 1. The molecule has 0 aliphatic heterocycles. The highest BCUT2D eigenvalue weighted by Gasteiger charge is 2.21. The molecule has 23 heavy (non-hydrogen) atoms. The summed E-state index contributed by atoms with van der Waals surface area (Å²) in [5.74, 6) is -0.0384. The average Bonchev–Trinajstić information content (AvgIpc) is 3.00. The van der Waals surface area contributed by atoms with Crippen LogP contribution in [0.15, 0.2) is 28.7 Å². The Morgan fingerprint density at radius 1 is 1.09 bits per heavy atom. The van der Waals surface area contributed by atoms with E-state index in [1.807, 2.05) is 24.3 Å². The van der Waals surface area contributed by atoms with Crippen LogP contribution in [0.25, 0.3) is 11.3 Å². The number of carbonyl (C=O) groups is 1. The lowest BCUT2D eigenvalue weighted by atomic mass is 9.96. The van der Waals surface area contributed by atoms with E-state index in [1.165, 1.54) is 43.6 Å². The second-order valence-electron chi connectivity index (χ2n) is 5.97. The van der Waals surface area contributed by atoms with Gasteiger partial charge in [-0.05, 0) is 36.5 Å². The lowest BCUT2D eigenvalue weighted by Crippen LogP contribution is -2.35. The molecule has 0 spiro atoms. The van der Waals surface area contributed by atoms with Crippen molar-refractivity contribution in [3.63, 3.8) is 0 Å². The highest BCUT2D eigenvalue weighted by molar-refractivity contribution is 9.10. The van der Waals surface area contributed by atoms with E-state index < -0.39 is 0 Å². The molecule has 1 N–H and O–H groups in total. The SMILES string of the molecule is O=C(NC1CCCCCCC1)c1snnc1-c1ccc(Br)cc1. The van der Waals surface area contributed by atoms with E-state index in [4.69, 9.17) is 0 Å². The predicted octanol–water partition coefficient (Wildman–Crippen LogP) is 4.81. The Hall–Kier alpha value is -1.27. The maximum Gasteiger partial charge on any atom is 0.265 e. The van der Waals surface area contributed by atoms with Crippen LogP contribution in [0.4, 0.5) is 0 Å². The van der Waals surface area contributed by atoms with E-state index in [0.717, 1.165) is 22.9 Å². The van der Waals surface area contributed by atoms with Gasteiger partial charge in [0.25, 0.3) is 5.91 Å². The minimum Gasteiger partial charge on any atom is -0.348 e. The maximum atomic E-state index is 12.6. The molecule has 1 aliphatic carbocycles. The molecule has 4 nitrogen and oxygen atoms in total. The van der Waals surface area contributed by atoms with Gasteiger partial charge in [0.1, 0.15) is 10.6 Å². The van der Waals surface area contributed by atoms with Crippen molar-refractivity contribution >= 4 is 33.4 Å². The summed E-state index contributed by atoms with van der Waals surface area (Å²) in [6, 6.07) is 8.08. The third kappa shape index (κ3) is 4.38.